The highest BCUT2D eigenvalue weighted by molar-refractivity contribution is 5.70. The lowest BCUT2D eigenvalue weighted by Crippen LogP contribution is -2.47. The van der Waals surface area contributed by atoms with Crippen LogP contribution in [-0.4, -0.2) is 148 Å². The van der Waals surface area contributed by atoms with E-state index in [-0.39, 0.29) is 23.9 Å². The van der Waals surface area contributed by atoms with Crippen LogP contribution >= 0.6 is 0 Å². The Morgan fingerprint density at radius 2 is 0.575 bits per heavy atom. The van der Waals surface area contributed by atoms with Crippen LogP contribution in [0.1, 0.15) is 53.4 Å². The molecule has 0 radical (unpaired) electrons. The van der Waals surface area contributed by atoms with Crippen molar-refractivity contribution in [3.63, 3.8) is 0 Å². The van der Waals surface area contributed by atoms with Gasteiger partial charge in [0.05, 0.1) is 52.1 Å². The highest BCUT2D eigenvalue weighted by Crippen LogP contribution is 2.05. The minimum absolute atomic E-state index is 0.218. The van der Waals surface area contributed by atoms with Crippen molar-refractivity contribution in [1.82, 2.24) is 19.6 Å². The molecule has 12 heteroatoms. The molecular weight excluding hydrogens is 520 g/mol. The highest BCUT2D eigenvalue weighted by atomic mass is 16.5. The van der Waals surface area contributed by atoms with Gasteiger partial charge in [0.2, 0.25) is 0 Å². The fraction of sp³-hybridized carbons (Fsp3) is 0.857. The van der Waals surface area contributed by atoms with E-state index >= 15 is 0 Å². The first-order valence-corrected chi connectivity index (χ1v) is 14.8. The summed E-state index contributed by atoms with van der Waals surface area (Å²) in [6.45, 7) is 16.7. The Morgan fingerprint density at radius 3 is 0.725 bits per heavy atom. The van der Waals surface area contributed by atoms with Crippen LogP contribution in [0.2, 0.25) is 0 Å². The Hall–Kier alpha value is -2.28. The van der Waals surface area contributed by atoms with Crippen LogP contribution in [0.3, 0.4) is 0 Å². The van der Waals surface area contributed by atoms with E-state index in [9.17, 15) is 19.2 Å². The summed E-state index contributed by atoms with van der Waals surface area (Å²) in [5, 5.41) is 0. The molecule has 1 fully saturated rings. The number of nitrogens with zero attached hydrogens (tertiary/aromatic N) is 4. The Balaban J connectivity index is 2.98. The predicted octanol–water partition coefficient (Wildman–Crippen LogP) is 1.02. The fourth-order valence-corrected chi connectivity index (χ4v) is 4.40. The average Bonchev–Trinajstić information content (AvgIpc) is 2.91. The lowest BCUT2D eigenvalue weighted by Gasteiger charge is -2.34. The lowest BCUT2D eigenvalue weighted by molar-refractivity contribution is -0.144. The Bertz CT molecular complexity index is 603. The van der Waals surface area contributed by atoms with E-state index in [0.29, 0.717) is 78.3 Å². The molecule has 0 aromatic rings. The predicted molar refractivity (Wildman–Crippen MR) is 151 cm³/mol. The first-order chi connectivity index (χ1) is 19.3. The first-order valence-electron chi connectivity index (χ1n) is 14.8. The monoisotopic (exact) mass is 572 g/mol. The minimum Gasteiger partial charge on any atom is -0.466 e. The molecule has 0 aliphatic carbocycles. The summed E-state index contributed by atoms with van der Waals surface area (Å²) < 4.78 is 20.5. The highest BCUT2D eigenvalue weighted by Gasteiger charge is 2.19. The summed E-state index contributed by atoms with van der Waals surface area (Å²) in [7, 11) is 0. The van der Waals surface area contributed by atoms with E-state index < -0.39 is 0 Å². The molecule has 1 heterocycles. The smallest absolute Gasteiger partial charge is 0.307 e. The van der Waals surface area contributed by atoms with Crippen molar-refractivity contribution in [2.75, 3.05) is 105 Å². The van der Waals surface area contributed by atoms with Gasteiger partial charge in [-0.25, -0.2) is 0 Å². The topological polar surface area (TPSA) is 118 Å². The normalized spacial score (nSPS) is 16.9. The average molecular weight is 573 g/mol. The van der Waals surface area contributed by atoms with E-state index in [4.69, 9.17) is 18.9 Å². The van der Waals surface area contributed by atoms with Gasteiger partial charge in [0.25, 0.3) is 0 Å². The van der Waals surface area contributed by atoms with E-state index in [0.717, 1.165) is 52.4 Å². The van der Waals surface area contributed by atoms with Gasteiger partial charge in [-0.15, -0.1) is 0 Å². The zero-order chi connectivity index (χ0) is 29.6. The number of esters is 4. The second kappa shape index (κ2) is 22.4. The van der Waals surface area contributed by atoms with E-state index in [1.165, 1.54) is 0 Å². The molecule has 1 saturated heterocycles. The van der Waals surface area contributed by atoms with Crippen LogP contribution in [0.15, 0.2) is 0 Å². The molecule has 0 aromatic carbocycles. The second-order valence-corrected chi connectivity index (χ2v) is 9.59. The summed E-state index contributed by atoms with van der Waals surface area (Å²) in [6, 6.07) is 0. The number of hydrogen-bond acceptors (Lipinski definition) is 12. The molecule has 1 aliphatic rings. The molecule has 40 heavy (non-hydrogen) atoms. The van der Waals surface area contributed by atoms with Gasteiger partial charge in [0.1, 0.15) is 0 Å². The van der Waals surface area contributed by atoms with Crippen molar-refractivity contribution in [3.05, 3.63) is 0 Å². The van der Waals surface area contributed by atoms with Crippen molar-refractivity contribution in [2.45, 2.75) is 53.4 Å². The molecule has 232 valence electrons. The Kier molecular flexibility index (Phi) is 20.0. The minimum atomic E-state index is -0.218. The van der Waals surface area contributed by atoms with Crippen LogP contribution < -0.4 is 0 Å². The zero-order valence-corrected chi connectivity index (χ0v) is 25.2. The van der Waals surface area contributed by atoms with Crippen molar-refractivity contribution < 1.29 is 38.1 Å². The molecule has 0 saturated carbocycles. The van der Waals surface area contributed by atoms with Crippen LogP contribution in [-0.2, 0) is 38.1 Å². The Morgan fingerprint density at radius 1 is 0.400 bits per heavy atom. The van der Waals surface area contributed by atoms with Crippen LogP contribution in [0.5, 0.6) is 0 Å². The first kappa shape index (κ1) is 35.7. The molecule has 0 N–H and O–H groups in total. The molecular formula is C28H52N4O8. The molecule has 0 amide bonds. The van der Waals surface area contributed by atoms with Crippen LogP contribution in [0.4, 0.5) is 0 Å². The fourth-order valence-electron chi connectivity index (χ4n) is 4.40. The van der Waals surface area contributed by atoms with Gasteiger partial charge < -0.3 is 38.5 Å². The number of hydrogen-bond donors (Lipinski definition) is 0. The van der Waals surface area contributed by atoms with Crippen LogP contribution in [0.25, 0.3) is 0 Å². The summed E-state index contributed by atoms with van der Waals surface area (Å²) in [6.07, 6.45) is 1.23. The molecule has 12 nitrogen and oxygen atoms in total. The van der Waals surface area contributed by atoms with Crippen molar-refractivity contribution in [1.29, 1.82) is 0 Å². The molecule has 1 aliphatic heterocycles. The van der Waals surface area contributed by atoms with Crippen molar-refractivity contribution in [2.24, 2.45) is 0 Å². The van der Waals surface area contributed by atoms with Gasteiger partial charge in [-0.3, -0.25) is 19.2 Å². The summed E-state index contributed by atoms with van der Waals surface area (Å²) >= 11 is 0. The molecule has 1 rings (SSSR count). The van der Waals surface area contributed by atoms with Gasteiger partial charge in [-0.2, -0.15) is 0 Å². The van der Waals surface area contributed by atoms with Gasteiger partial charge in [-0.1, -0.05) is 0 Å². The third-order valence-corrected chi connectivity index (χ3v) is 6.68. The molecule has 0 spiro atoms. The second-order valence-electron chi connectivity index (χ2n) is 9.59. The number of rotatable bonds is 16. The lowest BCUT2D eigenvalue weighted by atomic mass is 10.2. The standard InChI is InChI=1S/C28H52N4O8/c1-5-37-25(33)9-13-29-17-19-30(14-10-26(34)38-6-2)21-23-32(16-12-28(36)40-8-4)24-22-31(20-18-29)15-11-27(35)39-7-3/h5-24H2,1-4H3. The third-order valence-electron chi connectivity index (χ3n) is 6.68. The van der Waals surface area contributed by atoms with E-state index in [2.05, 4.69) is 19.6 Å². The summed E-state index contributed by atoms with van der Waals surface area (Å²) in [4.78, 5) is 57.1. The van der Waals surface area contributed by atoms with Gasteiger partial charge >= 0.3 is 23.9 Å². The third kappa shape index (κ3) is 17.4. The summed E-state index contributed by atoms with van der Waals surface area (Å²) in [5.41, 5.74) is 0. The zero-order valence-electron chi connectivity index (χ0n) is 25.2. The maximum absolute atomic E-state index is 12.0. The maximum atomic E-state index is 12.0. The summed E-state index contributed by atoms with van der Waals surface area (Å²) in [5.74, 6) is -0.873. The Labute approximate surface area is 240 Å². The van der Waals surface area contributed by atoms with Gasteiger partial charge in [-0.05, 0) is 27.7 Å². The van der Waals surface area contributed by atoms with Gasteiger partial charge in [0.15, 0.2) is 0 Å². The van der Waals surface area contributed by atoms with Crippen molar-refractivity contribution >= 4 is 23.9 Å². The maximum Gasteiger partial charge on any atom is 0.307 e. The number of ether oxygens (including phenoxy) is 4. The van der Waals surface area contributed by atoms with E-state index in [1.54, 1.807) is 27.7 Å². The molecule has 0 aromatic heterocycles. The number of carbonyl (C=O) groups is 4. The quantitative estimate of drug-likeness (QED) is 0.194. The van der Waals surface area contributed by atoms with Gasteiger partial charge in [0, 0.05) is 78.5 Å². The van der Waals surface area contributed by atoms with Crippen LogP contribution in [0, 0.1) is 0 Å². The van der Waals surface area contributed by atoms with Crippen molar-refractivity contribution in [3.8, 4) is 0 Å². The largest absolute Gasteiger partial charge is 0.466 e. The van der Waals surface area contributed by atoms with E-state index in [1.807, 2.05) is 0 Å². The number of carbonyl (C=O) groups excluding carboxylic acids is 4. The molecule has 0 bridgehead atoms. The molecule has 0 unspecified atom stereocenters. The SMILES string of the molecule is CCOC(=O)CCN1CCN(CCC(=O)OCC)CCN(CCC(=O)OCC)CCN(CCC(=O)OCC)CC1. The molecule has 0 atom stereocenters.